The molecule has 3 amide bonds. The molecule has 0 saturated carbocycles. The average molecular weight is 497 g/mol. The molecule has 0 aliphatic carbocycles. The Labute approximate surface area is 212 Å². The lowest BCUT2D eigenvalue weighted by molar-refractivity contribution is -0.124. The second-order valence-electron chi connectivity index (χ2n) is 9.15. The fraction of sp³-hybridized carbons (Fsp3) is 0.444. The van der Waals surface area contributed by atoms with E-state index in [9.17, 15) is 14.4 Å². The number of fused-ring (bicyclic) bond motifs is 1. The van der Waals surface area contributed by atoms with Crippen LogP contribution in [0.25, 0.3) is 0 Å². The van der Waals surface area contributed by atoms with Crippen LogP contribution in [0.15, 0.2) is 42.5 Å². The van der Waals surface area contributed by atoms with Gasteiger partial charge < -0.3 is 25.8 Å². The number of benzene rings is 2. The van der Waals surface area contributed by atoms with E-state index in [-0.39, 0.29) is 36.7 Å². The lowest BCUT2D eigenvalue weighted by Crippen LogP contribution is -2.41. The lowest BCUT2D eigenvalue weighted by atomic mass is 9.95. The van der Waals surface area contributed by atoms with Crippen molar-refractivity contribution < 1.29 is 23.9 Å². The number of anilines is 1. The van der Waals surface area contributed by atoms with Gasteiger partial charge in [-0.05, 0) is 54.4 Å². The third-order valence-corrected chi connectivity index (χ3v) is 6.04. The summed E-state index contributed by atoms with van der Waals surface area (Å²) in [5.74, 6) is 0.798. The molecular weight excluding hydrogens is 460 g/mol. The van der Waals surface area contributed by atoms with Crippen LogP contribution in [-0.2, 0) is 9.59 Å². The molecule has 1 atom stereocenters. The number of ether oxygens (including phenoxy) is 2. The molecule has 0 radical (unpaired) electrons. The number of hydrogen-bond donors (Lipinski definition) is 3. The van der Waals surface area contributed by atoms with Gasteiger partial charge in [-0.2, -0.15) is 0 Å². The standard InChI is InChI=1S/C27H36N4O5/c1-4-31(13-12-24(32)29-21-9-6-19(7-10-21)27(28)34)17-25(33)30-26(18(2)3)20-8-11-22-23(16-20)36-15-5-14-35-22/h6-11,16,18,26H,4-5,12-15,17H2,1-3H3,(H2,28,34)(H,29,32)(H,30,33). The van der Waals surface area contributed by atoms with Crippen molar-refractivity contribution in [3.05, 3.63) is 53.6 Å². The highest BCUT2D eigenvalue weighted by molar-refractivity contribution is 5.94. The number of nitrogens with two attached hydrogens (primary N) is 1. The molecule has 9 nitrogen and oxygen atoms in total. The van der Waals surface area contributed by atoms with Gasteiger partial charge in [0.25, 0.3) is 0 Å². The first-order chi connectivity index (χ1) is 17.3. The van der Waals surface area contributed by atoms with Gasteiger partial charge in [-0.15, -0.1) is 0 Å². The minimum absolute atomic E-state index is 0.106. The molecule has 4 N–H and O–H groups in total. The van der Waals surface area contributed by atoms with Crippen LogP contribution < -0.4 is 25.8 Å². The molecular formula is C27H36N4O5. The van der Waals surface area contributed by atoms with Crippen LogP contribution in [0.2, 0.25) is 0 Å². The molecule has 0 fully saturated rings. The second kappa shape index (κ2) is 12.9. The van der Waals surface area contributed by atoms with E-state index in [1.807, 2.05) is 30.0 Å². The van der Waals surface area contributed by atoms with Gasteiger partial charge in [0, 0.05) is 30.6 Å². The minimum Gasteiger partial charge on any atom is -0.490 e. The maximum atomic E-state index is 12.9. The Hall–Kier alpha value is -3.59. The van der Waals surface area contributed by atoms with Crippen molar-refractivity contribution in [3.63, 3.8) is 0 Å². The first-order valence-electron chi connectivity index (χ1n) is 12.4. The molecule has 2 aromatic carbocycles. The Morgan fingerprint density at radius 1 is 1.00 bits per heavy atom. The summed E-state index contributed by atoms with van der Waals surface area (Å²) in [6.07, 6.45) is 1.06. The zero-order valence-corrected chi connectivity index (χ0v) is 21.2. The van der Waals surface area contributed by atoms with Crippen molar-refractivity contribution in [2.45, 2.75) is 39.7 Å². The van der Waals surface area contributed by atoms with Crippen LogP contribution in [-0.4, -0.2) is 55.5 Å². The summed E-state index contributed by atoms with van der Waals surface area (Å²) in [6.45, 7) is 8.56. The predicted molar refractivity (Wildman–Crippen MR) is 138 cm³/mol. The van der Waals surface area contributed by atoms with Gasteiger partial charge in [-0.1, -0.05) is 26.8 Å². The number of nitrogens with zero attached hydrogens (tertiary/aromatic N) is 1. The number of likely N-dealkylation sites (N-methyl/N-ethyl adjacent to an activating group) is 1. The molecule has 9 heteroatoms. The quantitative estimate of drug-likeness (QED) is 0.439. The van der Waals surface area contributed by atoms with E-state index in [0.29, 0.717) is 43.3 Å². The highest BCUT2D eigenvalue weighted by atomic mass is 16.5. The summed E-state index contributed by atoms with van der Waals surface area (Å²) in [4.78, 5) is 38.4. The Balaban J connectivity index is 1.53. The van der Waals surface area contributed by atoms with Gasteiger partial charge in [0.15, 0.2) is 11.5 Å². The first kappa shape index (κ1) is 27.0. The molecule has 0 bridgehead atoms. The zero-order valence-electron chi connectivity index (χ0n) is 21.2. The van der Waals surface area contributed by atoms with Crippen LogP contribution in [0.1, 0.15) is 55.6 Å². The van der Waals surface area contributed by atoms with Crippen LogP contribution in [0, 0.1) is 5.92 Å². The van der Waals surface area contributed by atoms with Crippen molar-refractivity contribution in [1.82, 2.24) is 10.2 Å². The highest BCUT2D eigenvalue weighted by Gasteiger charge is 2.22. The molecule has 0 saturated heterocycles. The Morgan fingerprint density at radius 3 is 2.33 bits per heavy atom. The summed E-state index contributed by atoms with van der Waals surface area (Å²) >= 11 is 0. The molecule has 1 heterocycles. The van der Waals surface area contributed by atoms with Crippen LogP contribution >= 0.6 is 0 Å². The predicted octanol–water partition coefficient (Wildman–Crippen LogP) is 3.11. The molecule has 1 unspecified atom stereocenters. The topological polar surface area (TPSA) is 123 Å². The van der Waals surface area contributed by atoms with Gasteiger partial charge in [-0.25, -0.2) is 0 Å². The number of rotatable bonds is 11. The smallest absolute Gasteiger partial charge is 0.248 e. The third kappa shape index (κ3) is 7.71. The third-order valence-electron chi connectivity index (χ3n) is 6.04. The van der Waals surface area contributed by atoms with E-state index in [1.165, 1.54) is 0 Å². The summed E-state index contributed by atoms with van der Waals surface area (Å²) < 4.78 is 11.5. The van der Waals surface area contributed by atoms with Crippen molar-refractivity contribution in [2.75, 3.05) is 38.2 Å². The molecule has 194 valence electrons. The molecule has 0 spiro atoms. The second-order valence-corrected chi connectivity index (χ2v) is 9.15. The van der Waals surface area contributed by atoms with Crippen molar-refractivity contribution in [3.8, 4) is 11.5 Å². The number of carbonyl (C=O) groups is 3. The summed E-state index contributed by atoms with van der Waals surface area (Å²) in [6, 6.07) is 12.0. The molecule has 3 rings (SSSR count). The fourth-order valence-electron chi connectivity index (χ4n) is 3.98. The lowest BCUT2D eigenvalue weighted by Gasteiger charge is -2.26. The van der Waals surface area contributed by atoms with Gasteiger partial charge in [0.2, 0.25) is 17.7 Å². The summed E-state index contributed by atoms with van der Waals surface area (Å²) in [7, 11) is 0. The largest absolute Gasteiger partial charge is 0.490 e. The SMILES string of the molecule is CCN(CCC(=O)Nc1ccc(C(N)=O)cc1)CC(=O)NC(c1ccc2c(c1)OCCCO2)C(C)C. The van der Waals surface area contributed by atoms with E-state index in [1.54, 1.807) is 24.3 Å². The van der Waals surface area contributed by atoms with Gasteiger partial charge in [0.1, 0.15) is 0 Å². The number of hydrogen-bond acceptors (Lipinski definition) is 6. The van der Waals surface area contributed by atoms with E-state index < -0.39 is 5.91 Å². The number of nitrogens with one attached hydrogen (secondary N) is 2. The summed E-state index contributed by atoms with van der Waals surface area (Å²) in [5, 5.41) is 5.95. The van der Waals surface area contributed by atoms with Crippen LogP contribution in [0.4, 0.5) is 5.69 Å². The number of primary amides is 1. The van der Waals surface area contributed by atoms with Crippen molar-refractivity contribution in [1.29, 1.82) is 0 Å². The molecule has 36 heavy (non-hydrogen) atoms. The summed E-state index contributed by atoms with van der Waals surface area (Å²) in [5.41, 5.74) is 7.16. The van der Waals surface area contributed by atoms with E-state index in [4.69, 9.17) is 15.2 Å². The van der Waals surface area contributed by atoms with Gasteiger partial charge in [-0.3, -0.25) is 19.3 Å². The van der Waals surface area contributed by atoms with E-state index >= 15 is 0 Å². The normalized spacial score (nSPS) is 13.7. The molecule has 1 aliphatic heterocycles. The van der Waals surface area contributed by atoms with Gasteiger partial charge in [0.05, 0.1) is 25.8 Å². The molecule has 2 aromatic rings. The van der Waals surface area contributed by atoms with Crippen LogP contribution in [0.3, 0.4) is 0 Å². The maximum Gasteiger partial charge on any atom is 0.248 e. The van der Waals surface area contributed by atoms with E-state index in [2.05, 4.69) is 24.5 Å². The Kier molecular flexibility index (Phi) is 9.69. The fourth-order valence-corrected chi connectivity index (χ4v) is 3.98. The number of amides is 3. The minimum atomic E-state index is -0.520. The van der Waals surface area contributed by atoms with Crippen molar-refractivity contribution >= 4 is 23.4 Å². The highest BCUT2D eigenvalue weighted by Crippen LogP contribution is 2.34. The van der Waals surface area contributed by atoms with Crippen LogP contribution in [0.5, 0.6) is 11.5 Å². The Morgan fingerprint density at radius 2 is 1.69 bits per heavy atom. The Bertz CT molecular complexity index is 1050. The maximum absolute atomic E-state index is 12.9. The molecule has 0 aromatic heterocycles. The monoisotopic (exact) mass is 496 g/mol. The zero-order chi connectivity index (χ0) is 26.1. The molecule has 1 aliphatic rings. The first-order valence-corrected chi connectivity index (χ1v) is 12.4. The van der Waals surface area contributed by atoms with E-state index in [0.717, 1.165) is 17.7 Å². The average Bonchev–Trinajstić information content (AvgIpc) is 3.10. The van der Waals surface area contributed by atoms with Gasteiger partial charge >= 0.3 is 0 Å². The number of carbonyl (C=O) groups excluding carboxylic acids is 3. The van der Waals surface area contributed by atoms with Crippen molar-refractivity contribution in [2.24, 2.45) is 11.7 Å².